The molecule has 0 bridgehead atoms. The first-order valence-corrected chi connectivity index (χ1v) is 8.54. The first kappa shape index (κ1) is 15.3. The summed E-state index contributed by atoms with van der Waals surface area (Å²) >= 11 is 0. The molecule has 2 aromatic carbocycles. The minimum absolute atomic E-state index is 0.125. The third-order valence-corrected chi connectivity index (χ3v) is 5.31. The highest BCUT2D eigenvalue weighted by Crippen LogP contribution is 2.37. The van der Waals surface area contributed by atoms with Gasteiger partial charge in [0.1, 0.15) is 5.82 Å². The molecule has 0 heterocycles. The summed E-state index contributed by atoms with van der Waals surface area (Å²) in [6.45, 7) is 4.11. The SMILES string of the molecule is CCC1CCC(c2ccc(-c3ccc(C)c(F)c3)cc2)CC1. The number of halogens is 1. The van der Waals surface area contributed by atoms with E-state index in [9.17, 15) is 4.39 Å². The smallest absolute Gasteiger partial charge is 0.126 e. The number of benzene rings is 2. The van der Waals surface area contributed by atoms with Crippen LogP contribution in [0.4, 0.5) is 4.39 Å². The molecule has 0 aliphatic heterocycles. The highest BCUT2D eigenvalue weighted by Gasteiger charge is 2.21. The standard InChI is InChI=1S/C21H25F/c1-3-16-5-8-17(9-6-16)18-10-12-19(13-11-18)20-7-4-15(2)21(22)14-20/h4,7,10-14,16-17H,3,5-6,8-9H2,1-2H3. The van der Waals surface area contributed by atoms with Crippen LogP contribution in [0.1, 0.15) is 56.1 Å². The lowest BCUT2D eigenvalue weighted by atomic mass is 9.77. The zero-order valence-corrected chi connectivity index (χ0v) is 13.6. The molecule has 1 heteroatoms. The fourth-order valence-electron chi connectivity index (χ4n) is 3.62. The molecule has 0 nitrogen and oxygen atoms in total. The molecule has 0 N–H and O–H groups in total. The van der Waals surface area contributed by atoms with Gasteiger partial charge in [0.15, 0.2) is 0 Å². The van der Waals surface area contributed by atoms with Crippen molar-refractivity contribution < 1.29 is 4.39 Å². The summed E-state index contributed by atoms with van der Waals surface area (Å²) in [5.41, 5.74) is 4.22. The van der Waals surface area contributed by atoms with Gasteiger partial charge in [0.2, 0.25) is 0 Å². The van der Waals surface area contributed by atoms with Gasteiger partial charge in [-0.25, -0.2) is 4.39 Å². The Morgan fingerprint density at radius 1 is 0.909 bits per heavy atom. The summed E-state index contributed by atoms with van der Waals surface area (Å²) in [5, 5.41) is 0. The zero-order chi connectivity index (χ0) is 15.5. The summed E-state index contributed by atoms with van der Waals surface area (Å²) < 4.78 is 13.7. The van der Waals surface area contributed by atoms with Crippen molar-refractivity contribution in [3.05, 3.63) is 59.4 Å². The monoisotopic (exact) mass is 296 g/mol. The van der Waals surface area contributed by atoms with Crippen LogP contribution in [0.2, 0.25) is 0 Å². The van der Waals surface area contributed by atoms with Crippen LogP contribution >= 0.6 is 0 Å². The van der Waals surface area contributed by atoms with Crippen molar-refractivity contribution in [3.8, 4) is 11.1 Å². The maximum atomic E-state index is 13.7. The third-order valence-electron chi connectivity index (χ3n) is 5.31. The number of rotatable bonds is 3. The molecule has 0 radical (unpaired) electrons. The van der Waals surface area contributed by atoms with E-state index in [2.05, 4.69) is 31.2 Å². The van der Waals surface area contributed by atoms with E-state index in [1.54, 1.807) is 13.0 Å². The second kappa shape index (κ2) is 6.64. The molecule has 1 aliphatic carbocycles. The lowest BCUT2D eigenvalue weighted by Gasteiger charge is -2.28. The van der Waals surface area contributed by atoms with Crippen molar-refractivity contribution in [3.63, 3.8) is 0 Å². The molecular weight excluding hydrogens is 271 g/mol. The average molecular weight is 296 g/mol. The van der Waals surface area contributed by atoms with E-state index in [-0.39, 0.29) is 5.82 Å². The fourth-order valence-corrected chi connectivity index (χ4v) is 3.62. The van der Waals surface area contributed by atoms with Gasteiger partial charge in [-0.2, -0.15) is 0 Å². The second-order valence-corrected chi connectivity index (χ2v) is 6.71. The number of hydrogen-bond acceptors (Lipinski definition) is 0. The Bertz CT molecular complexity index is 619. The van der Waals surface area contributed by atoms with Gasteiger partial charge >= 0.3 is 0 Å². The first-order chi connectivity index (χ1) is 10.7. The fraction of sp³-hybridized carbons (Fsp3) is 0.429. The van der Waals surface area contributed by atoms with Crippen molar-refractivity contribution in [2.75, 3.05) is 0 Å². The van der Waals surface area contributed by atoms with Crippen molar-refractivity contribution >= 4 is 0 Å². The van der Waals surface area contributed by atoms with E-state index < -0.39 is 0 Å². The second-order valence-electron chi connectivity index (χ2n) is 6.71. The molecule has 0 amide bonds. The first-order valence-electron chi connectivity index (χ1n) is 8.54. The molecule has 116 valence electrons. The predicted molar refractivity (Wildman–Crippen MR) is 91.6 cm³/mol. The maximum absolute atomic E-state index is 13.7. The molecule has 1 saturated carbocycles. The molecule has 0 spiro atoms. The van der Waals surface area contributed by atoms with Crippen molar-refractivity contribution in [1.82, 2.24) is 0 Å². The molecule has 22 heavy (non-hydrogen) atoms. The van der Waals surface area contributed by atoms with Gasteiger partial charge < -0.3 is 0 Å². The Labute approximate surface area is 133 Å². The van der Waals surface area contributed by atoms with Crippen molar-refractivity contribution in [2.24, 2.45) is 5.92 Å². The largest absolute Gasteiger partial charge is 0.207 e. The Morgan fingerprint density at radius 2 is 1.55 bits per heavy atom. The Hall–Kier alpha value is -1.63. The molecule has 1 aliphatic rings. The summed E-state index contributed by atoms with van der Waals surface area (Å²) in [6, 6.07) is 14.3. The summed E-state index contributed by atoms with van der Waals surface area (Å²) in [7, 11) is 0. The van der Waals surface area contributed by atoms with Crippen LogP contribution in [0.15, 0.2) is 42.5 Å². The molecule has 0 unspecified atom stereocenters. The number of aryl methyl sites for hydroxylation is 1. The highest BCUT2D eigenvalue weighted by atomic mass is 19.1. The van der Waals surface area contributed by atoms with Gasteiger partial charge in [-0.3, -0.25) is 0 Å². The van der Waals surface area contributed by atoms with Crippen LogP contribution in [-0.2, 0) is 0 Å². The normalized spacial score (nSPS) is 21.8. The van der Waals surface area contributed by atoms with Crippen LogP contribution in [-0.4, -0.2) is 0 Å². The van der Waals surface area contributed by atoms with Gasteiger partial charge in [-0.1, -0.05) is 49.7 Å². The van der Waals surface area contributed by atoms with Gasteiger partial charge in [0.25, 0.3) is 0 Å². The lowest BCUT2D eigenvalue weighted by molar-refractivity contribution is 0.319. The molecule has 1 fully saturated rings. The summed E-state index contributed by atoms with van der Waals surface area (Å²) in [5.74, 6) is 1.53. The molecule has 0 atom stereocenters. The van der Waals surface area contributed by atoms with E-state index >= 15 is 0 Å². The lowest BCUT2D eigenvalue weighted by Crippen LogP contribution is -2.12. The Balaban J connectivity index is 1.74. The third kappa shape index (κ3) is 3.24. The molecule has 3 rings (SSSR count). The Kier molecular flexibility index (Phi) is 4.61. The topological polar surface area (TPSA) is 0 Å². The number of hydrogen-bond donors (Lipinski definition) is 0. The quantitative estimate of drug-likeness (QED) is 0.607. The van der Waals surface area contributed by atoms with Gasteiger partial charge in [-0.05, 0) is 72.8 Å². The zero-order valence-electron chi connectivity index (χ0n) is 13.6. The van der Waals surface area contributed by atoms with E-state index in [1.165, 1.54) is 37.7 Å². The van der Waals surface area contributed by atoms with Gasteiger partial charge in [-0.15, -0.1) is 0 Å². The molecule has 0 aromatic heterocycles. The minimum atomic E-state index is -0.125. The minimum Gasteiger partial charge on any atom is -0.207 e. The van der Waals surface area contributed by atoms with Crippen LogP contribution in [0.3, 0.4) is 0 Å². The van der Waals surface area contributed by atoms with Crippen molar-refractivity contribution in [2.45, 2.75) is 51.9 Å². The molecular formula is C21H25F. The summed E-state index contributed by atoms with van der Waals surface area (Å²) in [4.78, 5) is 0. The average Bonchev–Trinajstić information content (AvgIpc) is 2.58. The predicted octanol–water partition coefficient (Wildman–Crippen LogP) is 6.48. The van der Waals surface area contributed by atoms with E-state index in [4.69, 9.17) is 0 Å². The van der Waals surface area contributed by atoms with Crippen molar-refractivity contribution in [1.29, 1.82) is 0 Å². The summed E-state index contributed by atoms with van der Waals surface area (Å²) in [6.07, 6.45) is 6.69. The Morgan fingerprint density at radius 3 is 2.14 bits per heavy atom. The van der Waals surface area contributed by atoms with Crippen LogP contribution in [0.5, 0.6) is 0 Å². The van der Waals surface area contributed by atoms with Crippen LogP contribution in [0.25, 0.3) is 11.1 Å². The van der Waals surface area contributed by atoms with Crippen LogP contribution < -0.4 is 0 Å². The molecule has 0 saturated heterocycles. The van der Waals surface area contributed by atoms with Crippen LogP contribution in [0, 0.1) is 18.7 Å². The van der Waals surface area contributed by atoms with E-state index in [1.807, 2.05) is 12.1 Å². The van der Waals surface area contributed by atoms with E-state index in [0.29, 0.717) is 11.5 Å². The highest BCUT2D eigenvalue weighted by molar-refractivity contribution is 5.64. The van der Waals surface area contributed by atoms with E-state index in [0.717, 1.165) is 17.0 Å². The maximum Gasteiger partial charge on any atom is 0.126 e. The van der Waals surface area contributed by atoms with Gasteiger partial charge in [0, 0.05) is 0 Å². The molecule has 2 aromatic rings. The van der Waals surface area contributed by atoms with Gasteiger partial charge in [0.05, 0.1) is 0 Å².